The number of hydrogen-bond donors (Lipinski definition) is 2. The van der Waals surface area contributed by atoms with Crippen LogP contribution in [0.2, 0.25) is 0 Å². The number of anilines is 2. The molecule has 12 heteroatoms. The number of fused-ring (bicyclic) bond motifs is 2. The van der Waals surface area contributed by atoms with Gasteiger partial charge < -0.3 is 19.9 Å². The summed E-state index contributed by atoms with van der Waals surface area (Å²) >= 11 is 1.46. The molecule has 0 radical (unpaired) electrons. The number of methoxy groups -OCH3 is 1. The van der Waals surface area contributed by atoms with Gasteiger partial charge in [-0.25, -0.2) is 14.2 Å². The number of nitrogens with zero attached hydrogens (tertiary/aromatic N) is 4. The molecule has 2 N–H and O–H groups in total. The van der Waals surface area contributed by atoms with Crippen LogP contribution < -0.4 is 15.0 Å². The third-order valence-corrected chi connectivity index (χ3v) is 8.32. The molecule has 0 spiro atoms. The summed E-state index contributed by atoms with van der Waals surface area (Å²) in [6, 6.07) is 8.88. The number of hydrogen-bond acceptors (Lipinski definition) is 9. The van der Waals surface area contributed by atoms with Crippen molar-refractivity contribution in [2.24, 2.45) is 0 Å². The number of carbonyl (C=O) groups is 2. The van der Waals surface area contributed by atoms with E-state index in [4.69, 9.17) is 9.47 Å². The molecule has 0 unspecified atom stereocenters. The highest BCUT2D eigenvalue weighted by Gasteiger charge is 2.40. The molecule has 1 atom stereocenters. The van der Waals surface area contributed by atoms with E-state index in [1.165, 1.54) is 18.9 Å². The minimum absolute atomic E-state index is 0.0684. The predicted molar refractivity (Wildman–Crippen MR) is 139 cm³/mol. The number of nitrogens with one attached hydrogen (secondary N) is 1. The maximum Gasteiger partial charge on any atom is 0.414 e. The Kier molecular flexibility index (Phi) is 6.33. The van der Waals surface area contributed by atoms with Crippen molar-refractivity contribution in [2.75, 3.05) is 49.3 Å². The molecule has 3 aliphatic heterocycles. The molecule has 1 aromatic carbocycles. The largest absolute Gasteiger partial charge is 0.481 e. The van der Waals surface area contributed by atoms with E-state index in [-0.39, 0.29) is 30.4 Å². The number of cyclic esters (lactones) is 1. The van der Waals surface area contributed by atoms with Crippen molar-refractivity contribution in [3.63, 3.8) is 0 Å². The van der Waals surface area contributed by atoms with E-state index in [0.29, 0.717) is 60.2 Å². The Morgan fingerprint density at radius 1 is 1.26 bits per heavy atom. The molecule has 38 heavy (non-hydrogen) atoms. The number of aliphatic hydroxyl groups is 1. The molecule has 0 bridgehead atoms. The van der Waals surface area contributed by atoms with E-state index in [1.54, 1.807) is 23.1 Å². The number of rotatable bonds is 5. The van der Waals surface area contributed by atoms with Crippen LogP contribution in [0.3, 0.4) is 0 Å². The lowest BCUT2D eigenvalue weighted by atomic mass is 9.83. The van der Waals surface area contributed by atoms with Crippen molar-refractivity contribution in [1.29, 1.82) is 0 Å². The summed E-state index contributed by atoms with van der Waals surface area (Å²) in [6.45, 7) is 1.83. The van der Waals surface area contributed by atoms with Crippen LogP contribution in [-0.2, 0) is 15.1 Å². The molecule has 5 heterocycles. The van der Waals surface area contributed by atoms with Gasteiger partial charge in [0.2, 0.25) is 11.8 Å². The van der Waals surface area contributed by atoms with Gasteiger partial charge in [-0.15, -0.1) is 11.8 Å². The summed E-state index contributed by atoms with van der Waals surface area (Å²) < 4.78 is 25.8. The summed E-state index contributed by atoms with van der Waals surface area (Å²) in [5, 5.41) is 14.4. The van der Waals surface area contributed by atoms with Gasteiger partial charge in [-0.1, -0.05) is 0 Å². The van der Waals surface area contributed by atoms with Crippen LogP contribution in [0.25, 0.3) is 11.0 Å². The summed E-state index contributed by atoms with van der Waals surface area (Å²) in [5.41, 5.74) is 0.854. The number of thioether (sulfide) groups is 1. The van der Waals surface area contributed by atoms with Crippen molar-refractivity contribution >= 4 is 46.2 Å². The van der Waals surface area contributed by atoms with Gasteiger partial charge in [0.05, 0.1) is 42.4 Å². The summed E-state index contributed by atoms with van der Waals surface area (Å²) in [4.78, 5) is 37.5. The summed E-state index contributed by atoms with van der Waals surface area (Å²) in [5.74, 6) is 0.0232. The molecule has 3 aromatic rings. The Morgan fingerprint density at radius 3 is 2.87 bits per heavy atom. The number of aromatic nitrogens is 2. The molecule has 2 fully saturated rings. The first-order chi connectivity index (χ1) is 18.3. The van der Waals surface area contributed by atoms with Gasteiger partial charge in [0, 0.05) is 41.8 Å². The van der Waals surface area contributed by atoms with Crippen molar-refractivity contribution in [1.82, 2.24) is 14.9 Å². The average Bonchev–Trinajstić information content (AvgIpc) is 3.28. The molecule has 198 valence electrons. The maximum atomic E-state index is 15.0. The molecular weight excluding hydrogens is 513 g/mol. The van der Waals surface area contributed by atoms with Gasteiger partial charge in [0.15, 0.2) is 0 Å². The van der Waals surface area contributed by atoms with Crippen LogP contribution in [0.15, 0.2) is 41.4 Å². The number of benzene rings is 1. The molecule has 2 saturated heterocycles. The van der Waals surface area contributed by atoms with Crippen LogP contribution in [-0.4, -0.2) is 77.1 Å². The minimum atomic E-state index is -1.41. The Bertz CT molecular complexity index is 1430. The second kappa shape index (κ2) is 9.68. The second-order valence-electron chi connectivity index (χ2n) is 9.67. The van der Waals surface area contributed by atoms with Crippen LogP contribution in [0.4, 0.5) is 20.6 Å². The Labute approximate surface area is 222 Å². The number of carbonyl (C=O) groups excluding carboxylic acids is 2. The maximum absolute atomic E-state index is 15.0. The third-order valence-electron chi connectivity index (χ3n) is 7.24. The Balaban J connectivity index is 1.13. The standard InChI is InChI=1S/C26H26FN5O5S/c1-36-22-5-3-18-24(30-22)23(17(27)11-28-18)26(35)6-8-31(9-7-26)12-16-13-32(25(34)37-16)15-2-4-20-19(10-15)29-21(33)14-38-20/h2-5,10-11,16,35H,6-9,12-14H2,1H3,(H,29,33)/t16-/m1/s1. The van der Waals surface area contributed by atoms with Gasteiger partial charge in [-0.05, 0) is 37.1 Å². The first-order valence-corrected chi connectivity index (χ1v) is 13.3. The minimum Gasteiger partial charge on any atom is -0.481 e. The zero-order valence-electron chi connectivity index (χ0n) is 20.6. The molecule has 0 aliphatic carbocycles. The molecule has 10 nitrogen and oxygen atoms in total. The zero-order valence-corrected chi connectivity index (χ0v) is 21.5. The highest BCUT2D eigenvalue weighted by Crippen LogP contribution is 2.39. The van der Waals surface area contributed by atoms with Crippen LogP contribution in [0.5, 0.6) is 5.88 Å². The number of likely N-dealkylation sites (tertiary alicyclic amines) is 1. The lowest BCUT2D eigenvalue weighted by molar-refractivity contribution is -0.113. The monoisotopic (exact) mass is 539 g/mol. The SMILES string of the molecule is COc1ccc2ncc(F)c(C3(O)CCN(C[C@@H]4CN(c5ccc6c(c5)NC(=O)CS6)C(=O)O4)CC3)c2n1. The van der Waals surface area contributed by atoms with Gasteiger partial charge >= 0.3 is 6.09 Å². The van der Waals surface area contributed by atoms with E-state index in [9.17, 15) is 19.1 Å². The van der Waals surface area contributed by atoms with Gasteiger partial charge in [-0.2, -0.15) is 0 Å². The molecule has 0 saturated carbocycles. The second-order valence-corrected chi connectivity index (χ2v) is 10.7. The molecule has 6 rings (SSSR count). The smallest absolute Gasteiger partial charge is 0.414 e. The van der Waals surface area contributed by atoms with E-state index in [2.05, 4.69) is 20.2 Å². The fraction of sp³-hybridized carbons (Fsp3) is 0.385. The van der Waals surface area contributed by atoms with E-state index in [0.717, 1.165) is 11.1 Å². The fourth-order valence-corrected chi connectivity index (χ4v) is 6.08. The van der Waals surface area contributed by atoms with Gasteiger partial charge in [-0.3, -0.25) is 19.6 Å². The van der Waals surface area contributed by atoms with Crippen molar-refractivity contribution in [3.8, 4) is 5.88 Å². The quantitative estimate of drug-likeness (QED) is 0.504. The number of amides is 2. The first-order valence-electron chi connectivity index (χ1n) is 12.3. The van der Waals surface area contributed by atoms with E-state index < -0.39 is 17.5 Å². The van der Waals surface area contributed by atoms with Crippen LogP contribution in [0, 0.1) is 5.82 Å². The molecule has 3 aliphatic rings. The number of piperidine rings is 1. The van der Waals surface area contributed by atoms with E-state index >= 15 is 0 Å². The third kappa shape index (κ3) is 4.52. The first kappa shape index (κ1) is 24.8. The molecule has 2 aromatic heterocycles. The summed E-state index contributed by atoms with van der Waals surface area (Å²) in [6.07, 6.45) is 0.887. The summed E-state index contributed by atoms with van der Waals surface area (Å²) in [7, 11) is 1.48. The van der Waals surface area contributed by atoms with Crippen molar-refractivity contribution in [2.45, 2.75) is 29.4 Å². The Morgan fingerprint density at radius 2 is 2.08 bits per heavy atom. The predicted octanol–water partition coefficient (Wildman–Crippen LogP) is 3.13. The lowest BCUT2D eigenvalue weighted by Crippen LogP contribution is -2.46. The van der Waals surface area contributed by atoms with Crippen LogP contribution >= 0.6 is 11.8 Å². The zero-order chi connectivity index (χ0) is 26.4. The molecular formula is C26H26FN5O5S. The Hall–Kier alpha value is -3.48. The van der Waals surface area contributed by atoms with Crippen molar-refractivity contribution in [3.05, 3.63) is 47.9 Å². The highest BCUT2D eigenvalue weighted by molar-refractivity contribution is 8.00. The van der Waals surface area contributed by atoms with Gasteiger partial charge in [0.1, 0.15) is 17.4 Å². The lowest BCUT2D eigenvalue weighted by Gasteiger charge is -2.39. The normalized spacial score (nSPS) is 21.2. The average molecular weight is 540 g/mol. The molecule has 2 amide bonds. The number of halogens is 1. The van der Waals surface area contributed by atoms with Gasteiger partial charge in [0.25, 0.3) is 0 Å². The van der Waals surface area contributed by atoms with Crippen LogP contribution in [0.1, 0.15) is 18.4 Å². The topological polar surface area (TPSA) is 117 Å². The van der Waals surface area contributed by atoms with Crippen molar-refractivity contribution < 1.29 is 28.6 Å². The highest BCUT2D eigenvalue weighted by atomic mass is 32.2. The number of ether oxygens (including phenoxy) is 2. The van der Waals surface area contributed by atoms with E-state index in [1.807, 2.05) is 12.1 Å². The number of pyridine rings is 2. The fourth-order valence-electron chi connectivity index (χ4n) is 5.29.